The Morgan fingerprint density at radius 1 is 1.45 bits per heavy atom. The van der Waals surface area contributed by atoms with Crippen molar-refractivity contribution in [3.8, 4) is 0 Å². The van der Waals surface area contributed by atoms with Gasteiger partial charge in [0.15, 0.2) is 5.82 Å². The van der Waals surface area contributed by atoms with Crippen LogP contribution in [-0.4, -0.2) is 39.9 Å². The minimum absolute atomic E-state index is 0.107. The Labute approximate surface area is 120 Å². The molecule has 0 radical (unpaired) electrons. The molecule has 106 valence electrons. The van der Waals surface area contributed by atoms with Gasteiger partial charge in [0.25, 0.3) is 5.91 Å². The summed E-state index contributed by atoms with van der Waals surface area (Å²) >= 11 is 5.73. The van der Waals surface area contributed by atoms with E-state index in [9.17, 15) is 4.79 Å². The quantitative estimate of drug-likeness (QED) is 0.754. The van der Waals surface area contributed by atoms with E-state index in [1.165, 1.54) is 12.3 Å². The predicted molar refractivity (Wildman–Crippen MR) is 75.5 cm³/mol. The molecule has 0 atom stereocenters. The average molecular weight is 296 g/mol. The van der Waals surface area contributed by atoms with Gasteiger partial charge < -0.3 is 20.9 Å². The molecule has 2 aromatic heterocycles. The first-order valence-electron chi connectivity index (χ1n) is 5.75. The second-order valence-corrected chi connectivity index (χ2v) is 4.65. The van der Waals surface area contributed by atoms with Crippen LogP contribution < -0.4 is 16.0 Å². The van der Waals surface area contributed by atoms with Crippen LogP contribution in [0.15, 0.2) is 12.3 Å². The molecule has 0 aromatic carbocycles. The molecule has 0 saturated heterocycles. The molecule has 9 heteroatoms. The van der Waals surface area contributed by atoms with E-state index in [1.807, 2.05) is 0 Å². The first-order valence-corrected chi connectivity index (χ1v) is 6.13. The monoisotopic (exact) mass is 295 g/mol. The highest BCUT2D eigenvalue weighted by atomic mass is 35.5. The highest BCUT2D eigenvalue weighted by Crippen LogP contribution is 2.09. The lowest BCUT2D eigenvalue weighted by atomic mass is 10.4. The Bertz CT molecular complexity index is 625. The molecular weight excluding hydrogens is 282 g/mol. The highest BCUT2D eigenvalue weighted by molar-refractivity contribution is 6.30. The van der Waals surface area contributed by atoms with Crippen LogP contribution >= 0.6 is 11.6 Å². The third kappa shape index (κ3) is 3.35. The van der Waals surface area contributed by atoms with Crippen LogP contribution in [0.1, 0.15) is 16.3 Å². The molecule has 2 aromatic rings. The first-order chi connectivity index (χ1) is 9.45. The molecule has 20 heavy (non-hydrogen) atoms. The number of rotatable bonds is 4. The van der Waals surface area contributed by atoms with Crippen molar-refractivity contribution in [2.75, 3.05) is 24.7 Å². The summed E-state index contributed by atoms with van der Waals surface area (Å²) in [6.07, 6.45) is 1.53. The molecular formula is C11H14ClN7O. The number of nitrogens with two attached hydrogens (primary N) is 1. The third-order valence-corrected chi connectivity index (χ3v) is 2.60. The Kier molecular flexibility index (Phi) is 4.04. The number of aromatic nitrogens is 4. The van der Waals surface area contributed by atoms with Crippen LogP contribution in [0.4, 0.5) is 11.9 Å². The molecule has 0 aliphatic rings. The Balaban J connectivity index is 2.05. The van der Waals surface area contributed by atoms with Crippen LogP contribution in [0.5, 0.6) is 0 Å². The van der Waals surface area contributed by atoms with Gasteiger partial charge in [-0.25, -0.2) is 0 Å². The van der Waals surface area contributed by atoms with Gasteiger partial charge in [-0.1, -0.05) is 11.6 Å². The van der Waals surface area contributed by atoms with Gasteiger partial charge >= 0.3 is 0 Å². The molecule has 0 bridgehead atoms. The maximum absolute atomic E-state index is 11.8. The maximum atomic E-state index is 11.8. The standard InChI is InChI=1S/C11H14ClN7O/c1-19(2)11-17-8(16-10(13)18-11)5-15-9(20)7-3-6(12)4-14-7/h3-4,14H,5H2,1-2H3,(H,15,20)(H2,13,16,17,18). The van der Waals surface area contributed by atoms with Crippen molar-refractivity contribution in [2.24, 2.45) is 0 Å². The topological polar surface area (TPSA) is 113 Å². The van der Waals surface area contributed by atoms with Crippen LogP contribution in [0.2, 0.25) is 5.02 Å². The second-order valence-electron chi connectivity index (χ2n) is 4.22. The van der Waals surface area contributed by atoms with Gasteiger partial charge in [-0.05, 0) is 6.07 Å². The third-order valence-electron chi connectivity index (χ3n) is 2.39. The van der Waals surface area contributed by atoms with Gasteiger partial charge in [0.1, 0.15) is 5.69 Å². The largest absolute Gasteiger partial charge is 0.368 e. The average Bonchev–Trinajstić information content (AvgIpc) is 2.82. The zero-order valence-corrected chi connectivity index (χ0v) is 11.8. The normalized spacial score (nSPS) is 10.3. The van der Waals surface area contributed by atoms with Gasteiger partial charge in [-0.3, -0.25) is 4.79 Å². The number of amides is 1. The maximum Gasteiger partial charge on any atom is 0.268 e. The van der Waals surface area contributed by atoms with Crippen molar-refractivity contribution in [2.45, 2.75) is 6.54 Å². The lowest BCUT2D eigenvalue weighted by Gasteiger charge is -2.11. The molecule has 0 fully saturated rings. The van der Waals surface area contributed by atoms with Crippen LogP contribution in [0.3, 0.4) is 0 Å². The molecule has 8 nitrogen and oxygen atoms in total. The highest BCUT2D eigenvalue weighted by Gasteiger charge is 2.10. The summed E-state index contributed by atoms with van der Waals surface area (Å²) in [5.41, 5.74) is 5.96. The van der Waals surface area contributed by atoms with Gasteiger partial charge in [0.05, 0.1) is 11.6 Å². The molecule has 2 rings (SSSR count). The number of carbonyl (C=O) groups is 1. The first kappa shape index (κ1) is 14.1. The fourth-order valence-electron chi connectivity index (χ4n) is 1.46. The smallest absolute Gasteiger partial charge is 0.268 e. The summed E-state index contributed by atoms with van der Waals surface area (Å²) in [7, 11) is 3.58. The minimum Gasteiger partial charge on any atom is -0.368 e. The molecule has 4 N–H and O–H groups in total. The summed E-state index contributed by atoms with van der Waals surface area (Å²) in [5, 5.41) is 3.13. The summed E-state index contributed by atoms with van der Waals surface area (Å²) < 4.78 is 0. The molecule has 0 unspecified atom stereocenters. The summed E-state index contributed by atoms with van der Waals surface area (Å²) in [6.45, 7) is 0.142. The van der Waals surface area contributed by atoms with Crippen molar-refractivity contribution in [1.82, 2.24) is 25.3 Å². The fraction of sp³-hybridized carbons (Fsp3) is 0.273. The summed E-state index contributed by atoms with van der Waals surface area (Å²) in [4.78, 5) is 28.4. The number of H-pyrrole nitrogens is 1. The van der Waals surface area contributed by atoms with E-state index in [0.717, 1.165) is 0 Å². The van der Waals surface area contributed by atoms with E-state index in [1.54, 1.807) is 19.0 Å². The fourth-order valence-corrected chi connectivity index (χ4v) is 1.62. The van der Waals surface area contributed by atoms with Crippen LogP contribution in [0, 0.1) is 0 Å². The molecule has 0 spiro atoms. The van der Waals surface area contributed by atoms with E-state index in [0.29, 0.717) is 22.5 Å². The number of hydrogen-bond donors (Lipinski definition) is 3. The number of halogens is 1. The zero-order chi connectivity index (χ0) is 14.7. The van der Waals surface area contributed by atoms with Crippen LogP contribution in [-0.2, 0) is 6.54 Å². The number of carbonyl (C=O) groups excluding carboxylic acids is 1. The van der Waals surface area contributed by atoms with E-state index in [4.69, 9.17) is 17.3 Å². The SMILES string of the molecule is CN(C)c1nc(N)nc(CNC(=O)c2cc(Cl)c[nH]2)n1. The lowest BCUT2D eigenvalue weighted by molar-refractivity contribution is 0.0945. The number of hydrogen-bond acceptors (Lipinski definition) is 6. The van der Waals surface area contributed by atoms with Crippen molar-refractivity contribution in [3.63, 3.8) is 0 Å². The summed E-state index contributed by atoms with van der Waals surface area (Å²) in [6, 6.07) is 1.53. The van der Waals surface area contributed by atoms with Gasteiger partial charge in [0, 0.05) is 20.3 Å². The minimum atomic E-state index is -0.303. The van der Waals surface area contributed by atoms with Gasteiger partial charge in [-0.15, -0.1) is 0 Å². The Morgan fingerprint density at radius 3 is 2.80 bits per heavy atom. The zero-order valence-electron chi connectivity index (χ0n) is 11.0. The number of nitrogens with one attached hydrogen (secondary N) is 2. The second kappa shape index (κ2) is 5.74. The van der Waals surface area contributed by atoms with Crippen molar-refractivity contribution in [3.05, 3.63) is 28.8 Å². The Morgan fingerprint density at radius 2 is 2.20 bits per heavy atom. The van der Waals surface area contributed by atoms with Gasteiger partial charge in [0.2, 0.25) is 11.9 Å². The molecule has 0 saturated carbocycles. The summed E-state index contributed by atoms with van der Waals surface area (Å²) in [5.74, 6) is 0.620. The van der Waals surface area contributed by atoms with Crippen molar-refractivity contribution in [1.29, 1.82) is 0 Å². The van der Waals surface area contributed by atoms with Crippen LogP contribution in [0.25, 0.3) is 0 Å². The number of aromatic amines is 1. The number of anilines is 2. The number of nitrogens with zero attached hydrogens (tertiary/aromatic N) is 4. The van der Waals surface area contributed by atoms with E-state index in [2.05, 4.69) is 25.3 Å². The molecule has 0 aliphatic heterocycles. The lowest BCUT2D eigenvalue weighted by Crippen LogP contribution is -2.25. The number of nitrogen functional groups attached to an aromatic ring is 1. The predicted octanol–water partition coefficient (Wildman–Crippen LogP) is 0.431. The molecule has 0 aliphatic carbocycles. The molecule has 1 amide bonds. The van der Waals surface area contributed by atoms with E-state index in [-0.39, 0.29) is 18.4 Å². The Hall–Kier alpha value is -2.35. The molecule has 2 heterocycles. The van der Waals surface area contributed by atoms with Gasteiger partial charge in [-0.2, -0.15) is 15.0 Å². The van der Waals surface area contributed by atoms with Crippen molar-refractivity contribution < 1.29 is 4.79 Å². The van der Waals surface area contributed by atoms with E-state index >= 15 is 0 Å². The van der Waals surface area contributed by atoms with Crippen molar-refractivity contribution >= 4 is 29.4 Å². The van der Waals surface area contributed by atoms with E-state index < -0.39 is 0 Å².